The SMILES string of the molecule is CC(C)(O)O.Cc1ncnc2c1ccn2C1CCC(CCc2ccc3cc(Br)c(NC4CC4)nc3c2)C1. The Morgan fingerprint density at radius 1 is 1.08 bits per heavy atom. The molecule has 0 saturated heterocycles. The monoisotopic (exact) mass is 565 g/mol. The molecule has 2 fully saturated rings. The second-order valence-electron chi connectivity index (χ2n) is 11.0. The molecule has 3 aromatic heterocycles. The third-order valence-electron chi connectivity index (χ3n) is 7.21. The van der Waals surface area contributed by atoms with Crippen molar-refractivity contribution in [1.29, 1.82) is 0 Å². The minimum Gasteiger partial charge on any atom is -0.366 e. The maximum absolute atomic E-state index is 8.08. The number of pyridine rings is 1. The van der Waals surface area contributed by atoms with Gasteiger partial charge in [-0.15, -0.1) is 0 Å². The molecule has 8 heteroatoms. The van der Waals surface area contributed by atoms with Crippen molar-refractivity contribution in [3.05, 3.63) is 58.6 Å². The molecule has 2 aliphatic rings. The van der Waals surface area contributed by atoms with E-state index in [9.17, 15) is 0 Å². The number of hydrogen-bond donors (Lipinski definition) is 3. The summed E-state index contributed by atoms with van der Waals surface area (Å²) in [5.41, 5.74) is 4.64. The van der Waals surface area contributed by atoms with E-state index in [1.165, 1.54) is 68.7 Å². The third-order valence-corrected chi connectivity index (χ3v) is 7.81. The Morgan fingerprint density at radius 3 is 2.62 bits per heavy atom. The van der Waals surface area contributed by atoms with E-state index in [4.69, 9.17) is 15.2 Å². The highest BCUT2D eigenvalue weighted by Crippen LogP contribution is 2.39. The second-order valence-corrected chi connectivity index (χ2v) is 11.9. The average molecular weight is 567 g/mol. The molecule has 4 aromatic rings. The Hall–Kier alpha value is -2.55. The fourth-order valence-corrected chi connectivity index (χ4v) is 5.64. The molecule has 1 aromatic carbocycles. The van der Waals surface area contributed by atoms with E-state index in [2.05, 4.69) is 79.2 Å². The minimum atomic E-state index is -1.50. The molecule has 37 heavy (non-hydrogen) atoms. The number of aliphatic hydroxyl groups is 2. The van der Waals surface area contributed by atoms with Gasteiger partial charge >= 0.3 is 0 Å². The topological polar surface area (TPSA) is 96.1 Å². The van der Waals surface area contributed by atoms with Crippen molar-refractivity contribution in [3.8, 4) is 0 Å². The van der Waals surface area contributed by atoms with Crippen LogP contribution < -0.4 is 5.32 Å². The highest BCUT2D eigenvalue weighted by molar-refractivity contribution is 9.10. The predicted octanol–water partition coefficient (Wildman–Crippen LogP) is 6.31. The van der Waals surface area contributed by atoms with Crippen molar-refractivity contribution >= 4 is 43.7 Å². The maximum atomic E-state index is 8.08. The summed E-state index contributed by atoms with van der Waals surface area (Å²) in [7, 11) is 0. The molecule has 196 valence electrons. The van der Waals surface area contributed by atoms with E-state index in [0.717, 1.165) is 39.5 Å². The largest absolute Gasteiger partial charge is 0.366 e. The Bertz CT molecular complexity index is 1390. The molecule has 7 nitrogen and oxygen atoms in total. The van der Waals surface area contributed by atoms with Gasteiger partial charge in [-0.25, -0.2) is 15.0 Å². The van der Waals surface area contributed by atoms with Gasteiger partial charge in [0.1, 0.15) is 17.8 Å². The van der Waals surface area contributed by atoms with E-state index in [1.807, 2.05) is 0 Å². The molecule has 2 aliphatic carbocycles. The summed E-state index contributed by atoms with van der Waals surface area (Å²) in [6.07, 6.45) is 12.5. The summed E-state index contributed by atoms with van der Waals surface area (Å²) in [5.74, 6) is 0.245. The number of benzene rings is 1. The lowest BCUT2D eigenvalue weighted by molar-refractivity contribution is -0.127. The lowest BCUT2D eigenvalue weighted by atomic mass is 9.97. The van der Waals surface area contributed by atoms with Crippen LogP contribution in [0, 0.1) is 12.8 Å². The van der Waals surface area contributed by atoms with E-state index in [-0.39, 0.29) is 0 Å². The molecular formula is C29H36BrN5O2. The van der Waals surface area contributed by atoms with Crippen molar-refractivity contribution in [2.45, 2.75) is 83.6 Å². The van der Waals surface area contributed by atoms with E-state index in [0.29, 0.717) is 12.1 Å². The summed E-state index contributed by atoms with van der Waals surface area (Å²) in [5, 5.41) is 22.1. The van der Waals surface area contributed by atoms with Crippen LogP contribution in [0.25, 0.3) is 21.9 Å². The zero-order valence-electron chi connectivity index (χ0n) is 21.8. The van der Waals surface area contributed by atoms with Gasteiger partial charge in [-0.1, -0.05) is 12.1 Å². The first-order chi connectivity index (χ1) is 17.6. The first-order valence-corrected chi connectivity index (χ1v) is 14.0. The van der Waals surface area contributed by atoms with Crippen molar-refractivity contribution in [2.75, 3.05) is 5.32 Å². The molecule has 2 saturated carbocycles. The first-order valence-electron chi connectivity index (χ1n) is 13.2. The number of halogens is 1. The Labute approximate surface area is 226 Å². The molecular weight excluding hydrogens is 530 g/mol. The van der Waals surface area contributed by atoms with Crippen LogP contribution in [0.3, 0.4) is 0 Å². The average Bonchev–Trinajstić information content (AvgIpc) is 3.34. The lowest BCUT2D eigenvalue weighted by Gasteiger charge is -2.15. The molecule has 0 radical (unpaired) electrons. The molecule has 2 atom stereocenters. The Kier molecular flexibility index (Phi) is 7.52. The molecule has 6 rings (SSSR count). The van der Waals surface area contributed by atoms with Gasteiger partial charge in [-0.2, -0.15) is 0 Å². The summed E-state index contributed by atoms with van der Waals surface area (Å²) >= 11 is 3.67. The van der Waals surface area contributed by atoms with Crippen molar-refractivity contribution < 1.29 is 10.2 Å². The van der Waals surface area contributed by atoms with E-state index >= 15 is 0 Å². The van der Waals surface area contributed by atoms with Crippen molar-refractivity contribution in [3.63, 3.8) is 0 Å². The Morgan fingerprint density at radius 2 is 1.86 bits per heavy atom. The number of anilines is 1. The highest BCUT2D eigenvalue weighted by atomic mass is 79.9. The van der Waals surface area contributed by atoms with Gasteiger partial charge in [0.15, 0.2) is 5.79 Å². The minimum absolute atomic E-state index is 0.554. The van der Waals surface area contributed by atoms with Gasteiger partial charge < -0.3 is 20.1 Å². The maximum Gasteiger partial charge on any atom is 0.156 e. The molecule has 2 unspecified atom stereocenters. The third kappa shape index (κ3) is 6.67. The molecule has 3 heterocycles. The predicted molar refractivity (Wildman–Crippen MR) is 152 cm³/mol. The zero-order valence-corrected chi connectivity index (χ0v) is 23.4. The fraction of sp³-hybridized carbons (Fsp3) is 0.483. The van der Waals surface area contributed by atoms with E-state index in [1.54, 1.807) is 6.33 Å². The number of nitrogens with zero attached hydrogens (tertiary/aromatic N) is 4. The van der Waals surface area contributed by atoms with Crippen molar-refractivity contribution in [1.82, 2.24) is 19.5 Å². The molecule has 3 N–H and O–H groups in total. The van der Waals surface area contributed by atoms with Crippen LogP contribution in [0.15, 0.2) is 47.3 Å². The van der Waals surface area contributed by atoms with Gasteiger partial charge in [0.2, 0.25) is 0 Å². The molecule has 0 bridgehead atoms. The van der Waals surface area contributed by atoms with Gasteiger partial charge in [0.05, 0.1) is 15.7 Å². The normalized spacial score (nSPS) is 19.7. The molecule has 0 spiro atoms. The van der Waals surface area contributed by atoms with Crippen molar-refractivity contribution in [2.24, 2.45) is 5.92 Å². The summed E-state index contributed by atoms with van der Waals surface area (Å²) in [6, 6.07) is 12.3. The Balaban J connectivity index is 0.000000514. The number of aryl methyl sites for hydroxylation is 2. The fourth-order valence-electron chi connectivity index (χ4n) is 5.19. The highest BCUT2D eigenvalue weighted by Gasteiger charge is 2.27. The first kappa shape index (κ1) is 26.1. The van der Waals surface area contributed by atoms with Gasteiger partial charge in [0.25, 0.3) is 0 Å². The van der Waals surface area contributed by atoms with E-state index < -0.39 is 5.79 Å². The molecule has 0 aliphatic heterocycles. The van der Waals surface area contributed by atoms with Gasteiger partial charge in [0, 0.05) is 29.1 Å². The number of hydrogen-bond acceptors (Lipinski definition) is 6. The number of aromatic nitrogens is 4. The summed E-state index contributed by atoms with van der Waals surface area (Å²) < 4.78 is 3.44. The number of rotatable bonds is 6. The zero-order chi connectivity index (χ0) is 26.2. The van der Waals surface area contributed by atoms with Crippen LogP contribution in [-0.4, -0.2) is 41.6 Å². The lowest BCUT2D eigenvalue weighted by Crippen LogP contribution is -2.15. The molecule has 0 amide bonds. The smallest absolute Gasteiger partial charge is 0.156 e. The van der Waals surface area contributed by atoms with Crippen LogP contribution in [-0.2, 0) is 6.42 Å². The van der Waals surface area contributed by atoms with Gasteiger partial charge in [-0.05, 0) is 111 Å². The second kappa shape index (κ2) is 10.7. The van der Waals surface area contributed by atoms with Crippen LogP contribution in [0.5, 0.6) is 0 Å². The summed E-state index contributed by atoms with van der Waals surface area (Å²) in [4.78, 5) is 13.8. The van der Waals surface area contributed by atoms with Gasteiger partial charge in [-0.3, -0.25) is 0 Å². The number of fused-ring (bicyclic) bond motifs is 2. The van der Waals surface area contributed by atoms with Crippen LogP contribution in [0.2, 0.25) is 0 Å². The summed E-state index contributed by atoms with van der Waals surface area (Å²) in [6.45, 7) is 4.66. The standard InChI is InChI=1S/C26H28BrN5.C3H8O2/c1-16-22-10-11-32(26(22)29-15-28-16)21-9-5-17(12-21)2-3-18-4-6-19-14-23(27)25(30-20-7-8-20)31-24(19)13-18;1-3(2,4)5/h4,6,10-11,13-15,17,20-21H,2-3,5,7-9,12H2,1H3,(H,30,31);4-5H,1-2H3. The number of nitrogens with one attached hydrogen (secondary N) is 1. The van der Waals surface area contributed by atoms with Crippen LogP contribution in [0.4, 0.5) is 5.82 Å². The van der Waals surface area contributed by atoms with Crippen LogP contribution >= 0.6 is 15.9 Å². The quantitative estimate of drug-likeness (QED) is 0.237. The van der Waals surface area contributed by atoms with Crippen LogP contribution in [0.1, 0.15) is 69.7 Å².